The molecule has 0 aliphatic rings. The standard InChI is InChI=1S/C12N8O2/c13-1-5(2-14)7-9-11(19-21-17-9)8(6(3-15)4-16)12-10(7)18-22-20-12. The minimum Gasteiger partial charge on any atom is -0.243 e. The number of nitriles is 4. The Balaban J connectivity index is 2.89. The number of fused-ring (bicyclic) bond motifs is 2. The third-order valence-corrected chi connectivity index (χ3v) is 2.87. The van der Waals surface area contributed by atoms with Crippen LogP contribution in [0.15, 0.2) is 9.26 Å². The van der Waals surface area contributed by atoms with Gasteiger partial charge < -0.3 is 0 Å². The van der Waals surface area contributed by atoms with Crippen molar-refractivity contribution >= 4 is 33.2 Å². The fourth-order valence-corrected chi connectivity index (χ4v) is 2.00. The molecule has 10 nitrogen and oxygen atoms in total. The van der Waals surface area contributed by atoms with Gasteiger partial charge in [0.15, 0.2) is 0 Å². The Morgan fingerprint density at radius 3 is 1.09 bits per heavy atom. The molecule has 2 heterocycles. The summed E-state index contributed by atoms with van der Waals surface area (Å²) in [6.45, 7) is 0. The summed E-state index contributed by atoms with van der Waals surface area (Å²) in [5.41, 5.74) is -0.552. The van der Waals surface area contributed by atoms with Gasteiger partial charge in [0.1, 0.15) is 57.5 Å². The lowest BCUT2D eigenvalue weighted by Crippen LogP contribution is -2.18. The molecule has 0 fully saturated rings. The van der Waals surface area contributed by atoms with Gasteiger partial charge in [-0.1, -0.05) is 0 Å². The van der Waals surface area contributed by atoms with Crippen LogP contribution in [-0.2, 0) is 0 Å². The van der Waals surface area contributed by atoms with E-state index in [1.54, 1.807) is 24.3 Å². The predicted octanol–water partition coefficient (Wildman–Crippen LogP) is -0.845. The van der Waals surface area contributed by atoms with E-state index in [0.717, 1.165) is 0 Å². The third-order valence-electron chi connectivity index (χ3n) is 2.87. The monoisotopic (exact) mass is 288 g/mol. The van der Waals surface area contributed by atoms with Gasteiger partial charge in [-0.25, -0.2) is 9.26 Å². The van der Waals surface area contributed by atoms with E-state index >= 15 is 0 Å². The molecule has 0 unspecified atom stereocenters. The Kier molecular flexibility index (Phi) is 2.71. The van der Waals surface area contributed by atoms with Gasteiger partial charge in [-0.05, 0) is 20.6 Å². The molecule has 100 valence electrons. The van der Waals surface area contributed by atoms with Crippen LogP contribution in [0.3, 0.4) is 0 Å². The molecular formula is C12N8O2. The zero-order chi connectivity index (χ0) is 15.7. The zero-order valence-electron chi connectivity index (χ0n) is 10.4. The van der Waals surface area contributed by atoms with Crippen LogP contribution in [-0.4, -0.2) is 20.6 Å². The summed E-state index contributed by atoms with van der Waals surface area (Å²) in [5, 5.41) is 50.8. The first-order valence-corrected chi connectivity index (χ1v) is 5.52. The lowest BCUT2D eigenvalue weighted by Gasteiger charge is -1.92. The van der Waals surface area contributed by atoms with E-state index in [9.17, 15) is 0 Å². The van der Waals surface area contributed by atoms with Gasteiger partial charge in [0.2, 0.25) is 0 Å². The van der Waals surface area contributed by atoms with Crippen molar-refractivity contribution < 1.29 is 9.26 Å². The van der Waals surface area contributed by atoms with Crippen molar-refractivity contribution in [2.75, 3.05) is 0 Å². The maximum atomic E-state index is 9.07. The predicted molar refractivity (Wildman–Crippen MR) is 65.7 cm³/mol. The van der Waals surface area contributed by atoms with E-state index in [0.29, 0.717) is 0 Å². The summed E-state index contributed by atoms with van der Waals surface area (Å²) in [5.74, 6) is 0. The summed E-state index contributed by atoms with van der Waals surface area (Å²) in [4.78, 5) is 0. The molecule has 0 saturated heterocycles. The average molecular weight is 288 g/mol. The molecule has 2 aromatic heterocycles. The minimum absolute atomic E-state index is 0.0132. The molecule has 10 heteroatoms. The van der Waals surface area contributed by atoms with Gasteiger partial charge in [-0.2, -0.15) is 21.0 Å². The number of benzene rings is 1. The largest absolute Gasteiger partial charge is 0.243 e. The molecule has 1 aromatic carbocycles. The molecule has 0 aliphatic heterocycles. The second-order valence-corrected chi connectivity index (χ2v) is 3.87. The fourth-order valence-electron chi connectivity index (χ4n) is 2.00. The van der Waals surface area contributed by atoms with E-state index in [1.165, 1.54) is 0 Å². The van der Waals surface area contributed by atoms with Crippen LogP contribution in [0.1, 0.15) is 0 Å². The van der Waals surface area contributed by atoms with Crippen molar-refractivity contribution in [2.45, 2.75) is 0 Å². The van der Waals surface area contributed by atoms with Crippen LogP contribution in [0.2, 0.25) is 0 Å². The first-order valence-electron chi connectivity index (χ1n) is 5.52. The van der Waals surface area contributed by atoms with Crippen molar-refractivity contribution in [3.05, 3.63) is 10.4 Å². The van der Waals surface area contributed by atoms with Crippen LogP contribution in [0, 0.1) is 45.3 Å². The summed E-state index contributed by atoms with van der Waals surface area (Å²) < 4.78 is 9.23. The normalized spacial score (nSPS) is 9.64. The van der Waals surface area contributed by atoms with Gasteiger partial charge in [-0.3, -0.25) is 0 Å². The summed E-state index contributed by atoms with van der Waals surface area (Å²) >= 11 is 0. The number of aromatic nitrogens is 4. The number of hydrogen-bond donors (Lipinski definition) is 0. The fraction of sp³-hybridized carbons (Fsp3) is 0. The van der Waals surface area contributed by atoms with Gasteiger partial charge in [0.25, 0.3) is 0 Å². The first kappa shape index (κ1) is 12.7. The molecule has 0 amide bonds. The highest BCUT2D eigenvalue weighted by Gasteiger charge is 2.20. The maximum absolute atomic E-state index is 9.07. The number of hydrogen-bond acceptors (Lipinski definition) is 10. The number of nitrogens with zero attached hydrogens (tertiary/aromatic N) is 8. The summed E-state index contributed by atoms with van der Waals surface area (Å²) in [6.07, 6.45) is 0. The van der Waals surface area contributed by atoms with Gasteiger partial charge in [-0.15, -0.1) is 0 Å². The zero-order valence-corrected chi connectivity index (χ0v) is 10.4. The molecular weight excluding hydrogens is 288 g/mol. The molecule has 0 spiro atoms. The van der Waals surface area contributed by atoms with Crippen molar-refractivity contribution in [1.82, 2.24) is 20.6 Å². The highest BCUT2D eigenvalue weighted by Crippen LogP contribution is 2.10. The second-order valence-electron chi connectivity index (χ2n) is 3.87. The topological polar surface area (TPSA) is 173 Å². The van der Waals surface area contributed by atoms with Gasteiger partial charge >= 0.3 is 0 Å². The molecule has 0 N–H and O–H groups in total. The highest BCUT2D eigenvalue weighted by atomic mass is 16.6. The van der Waals surface area contributed by atoms with Crippen molar-refractivity contribution in [3.63, 3.8) is 0 Å². The van der Waals surface area contributed by atoms with Gasteiger partial charge in [0.05, 0.1) is 10.4 Å². The Hall–Kier alpha value is -4.28. The average Bonchev–Trinajstić information content (AvgIpc) is 3.19. The summed E-state index contributed by atoms with van der Waals surface area (Å²) in [7, 11) is 0. The van der Waals surface area contributed by atoms with E-state index in [2.05, 4.69) is 29.9 Å². The smallest absolute Gasteiger partial charge is 0.147 e. The van der Waals surface area contributed by atoms with Crippen molar-refractivity contribution in [3.8, 4) is 24.3 Å². The SMILES string of the molecule is N#CC(C#N)=c1c2nonc2c(=C(C#N)C#N)c2nonc12. The molecule has 3 rings (SSSR count). The lowest BCUT2D eigenvalue weighted by atomic mass is 10.1. The molecule has 22 heavy (non-hydrogen) atoms. The van der Waals surface area contributed by atoms with Crippen LogP contribution in [0.4, 0.5) is 0 Å². The van der Waals surface area contributed by atoms with E-state index in [1.807, 2.05) is 0 Å². The highest BCUT2D eigenvalue weighted by molar-refractivity contribution is 5.99. The molecule has 0 saturated carbocycles. The Morgan fingerprint density at radius 2 is 0.864 bits per heavy atom. The van der Waals surface area contributed by atoms with Gasteiger partial charge in [0, 0.05) is 0 Å². The minimum atomic E-state index is -0.302. The Morgan fingerprint density at radius 1 is 0.591 bits per heavy atom. The first-order chi connectivity index (χ1) is 10.8. The summed E-state index contributed by atoms with van der Waals surface area (Å²) in [6, 6.07) is 6.83. The van der Waals surface area contributed by atoms with Crippen molar-refractivity contribution in [1.29, 1.82) is 21.0 Å². The van der Waals surface area contributed by atoms with E-state index in [-0.39, 0.29) is 43.7 Å². The molecule has 0 bridgehead atoms. The Labute approximate surface area is 119 Å². The van der Waals surface area contributed by atoms with Crippen LogP contribution in [0.25, 0.3) is 33.2 Å². The van der Waals surface area contributed by atoms with E-state index < -0.39 is 0 Å². The van der Waals surface area contributed by atoms with Crippen LogP contribution < -0.4 is 10.4 Å². The Bertz CT molecular complexity index is 1040. The lowest BCUT2D eigenvalue weighted by molar-refractivity contribution is 0.313. The second kappa shape index (κ2) is 4.68. The number of rotatable bonds is 0. The van der Waals surface area contributed by atoms with Crippen molar-refractivity contribution in [2.24, 2.45) is 0 Å². The molecule has 0 atom stereocenters. The van der Waals surface area contributed by atoms with E-state index in [4.69, 9.17) is 21.0 Å². The van der Waals surface area contributed by atoms with Crippen LogP contribution >= 0.6 is 0 Å². The molecule has 3 aromatic rings. The quantitative estimate of drug-likeness (QED) is 0.506. The maximum Gasteiger partial charge on any atom is 0.147 e. The molecule has 0 aliphatic carbocycles. The molecule has 0 radical (unpaired) electrons. The van der Waals surface area contributed by atoms with Crippen LogP contribution in [0.5, 0.6) is 0 Å². The third kappa shape index (κ3) is 1.50.